The summed E-state index contributed by atoms with van der Waals surface area (Å²) in [5.74, 6) is -2.71. The number of aliphatic carboxylic acids is 1. The number of carbonyl (C=O) groups excluding carboxylic acids is 4. The number of hydrogen-bond donors (Lipinski definition) is 7. The SMILES string of the molecule is C=C(C)[C@H](CCC(=O)NCCOC)NC(=O)[C@H](CCCCN)NC(=O)[C@H](CCC(=O)O)N1N[C@@H](CCCCN)C1=O. The summed E-state index contributed by atoms with van der Waals surface area (Å²) in [6.07, 6.45) is 3.51. The molecule has 234 valence electrons. The Bertz CT molecular complexity index is 886. The topological polar surface area (TPSA) is 218 Å². The van der Waals surface area contributed by atoms with Gasteiger partial charge in [0.2, 0.25) is 17.7 Å². The molecule has 0 aromatic heterocycles. The van der Waals surface area contributed by atoms with Gasteiger partial charge in [0.05, 0.1) is 12.6 Å². The maximum atomic E-state index is 13.4. The van der Waals surface area contributed by atoms with Crippen LogP contribution in [0.2, 0.25) is 0 Å². The lowest BCUT2D eigenvalue weighted by Gasteiger charge is -2.44. The molecule has 0 spiro atoms. The van der Waals surface area contributed by atoms with Gasteiger partial charge in [0, 0.05) is 26.5 Å². The number of hydrogen-bond acceptors (Lipinski definition) is 9. The molecule has 41 heavy (non-hydrogen) atoms. The molecule has 1 aliphatic rings. The zero-order valence-electron chi connectivity index (χ0n) is 24.4. The van der Waals surface area contributed by atoms with Crippen LogP contribution >= 0.6 is 0 Å². The number of unbranched alkanes of at least 4 members (excludes halogenated alkanes) is 2. The number of hydrazine groups is 1. The third-order valence-electron chi connectivity index (χ3n) is 6.80. The number of ether oxygens (including phenoxy) is 1. The second-order valence-electron chi connectivity index (χ2n) is 10.3. The molecule has 4 amide bonds. The Balaban J connectivity index is 2.93. The van der Waals surface area contributed by atoms with Gasteiger partial charge in [0.25, 0.3) is 5.91 Å². The van der Waals surface area contributed by atoms with Crippen LogP contribution in [0.4, 0.5) is 0 Å². The molecule has 9 N–H and O–H groups in total. The van der Waals surface area contributed by atoms with Crippen LogP contribution in [0.1, 0.15) is 71.1 Å². The number of carbonyl (C=O) groups is 5. The van der Waals surface area contributed by atoms with Crippen molar-refractivity contribution in [2.75, 3.05) is 33.4 Å². The zero-order valence-corrected chi connectivity index (χ0v) is 24.4. The van der Waals surface area contributed by atoms with Crippen LogP contribution < -0.4 is 32.8 Å². The lowest BCUT2D eigenvalue weighted by molar-refractivity contribution is -0.163. The highest BCUT2D eigenvalue weighted by molar-refractivity contribution is 5.95. The first-order valence-electron chi connectivity index (χ1n) is 14.3. The second-order valence-corrected chi connectivity index (χ2v) is 10.3. The van der Waals surface area contributed by atoms with Crippen molar-refractivity contribution in [1.82, 2.24) is 26.4 Å². The first-order chi connectivity index (χ1) is 19.5. The minimum atomic E-state index is -1.11. The van der Waals surface area contributed by atoms with Gasteiger partial charge >= 0.3 is 5.97 Å². The lowest BCUT2D eigenvalue weighted by Crippen LogP contribution is -2.72. The summed E-state index contributed by atoms with van der Waals surface area (Å²) in [5, 5.41) is 18.7. The number of nitrogens with one attached hydrogen (secondary N) is 4. The molecule has 1 fully saturated rings. The Morgan fingerprint density at radius 1 is 1.00 bits per heavy atom. The van der Waals surface area contributed by atoms with Gasteiger partial charge in [-0.25, -0.2) is 5.43 Å². The van der Waals surface area contributed by atoms with Crippen LogP contribution in [0.15, 0.2) is 12.2 Å². The van der Waals surface area contributed by atoms with E-state index in [2.05, 4.69) is 28.0 Å². The highest BCUT2D eigenvalue weighted by Crippen LogP contribution is 2.19. The normalized spacial score (nSPS) is 16.7. The summed E-state index contributed by atoms with van der Waals surface area (Å²) in [6.45, 7) is 7.35. The molecule has 0 bridgehead atoms. The maximum absolute atomic E-state index is 13.4. The van der Waals surface area contributed by atoms with E-state index in [9.17, 15) is 29.1 Å². The van der Waals surface area contributed by atoms with Gasteiger partial charge in [0.15, 0.2) is 0 Å². The third-order valence-corrected chi connectivity index (χ3v) is 6.80. The molecule has 1 aliphatic heterocycles. The maximum Gasteiger partial charge on any atom is 0.303 e. The average molecular weight is 584 g/mol. The van der Waals surface area contributed by atoms with Gasteiger partial charge in [-0.05, 0) is 65.0 Å². The van der Waals surface area contributed by atoms with E-state index < -0.39 is 42.0 Å². The summed E-state index contributed by atoms with van der Waals surface area (Å²) in [5.41, 5.74) is 14.7. The molecule has 1 rings (SSSR count). The highest BCUT2D eigenvalue weighted by Gasteiger charge is 2.43. The van der Waals surface area contributed by atoms with E-state index >= 15 is 0 Å². The zero-order chi connectivity index (χ0) is 30.8. The molecule has 14 nitrogen and oxygen atoms in total. The lowest BCUT2D eigenvalue weighted by atomic mass is 10.0. The molecule has 4 atom stereocenters. The van der Waals surface area contributed by atoms with E-state index in [0.717, 1.165) is 17.9 Å². The molecule has 1 saturated heterocycles. The van der Waals surface area contributed by atoms with Gasteiger partial charge in [-0.15, -0.1) is 0 Å². The predicted molar refractivity (Wildman–Crippen MR) is 153 cm³/mol. The first kappa shape index (κ1) is 36.0. The summed E-state index contributed by atoms with van der Waals surface area (Å²) >= 11 is 0. The van der Waals surface area contributed by atoms with Crippen molar-refractivity contribution < 1.29 is 33.8 Å². The summed E-state index contributed by atoms with van der Waals surface area (Å²) in [4.78, 5) is 62.9. The van der Waals surface area contributed by atoms with E-state index in [-0.39, 0.29) is 37.5 Å². The fourth-order valence-corrected chi connectivity index (χ4v) is 4.35. The standard InChI is InChI=1S/C27H49N7O7/c1-18(2)19(10-12-23(35)30-16-17-41-3)31-25(38)20(8-4-6-14-28)32-26(39)22(11-13-24(36)37)34-27(40)21(33-34)9-5-7-15-29/h19-22,33H,1,4-17,28-29H2,2-3H3,(H,30,35)(H,31,38)(H,32,39)(H,36,37)/t19-,20-,21-,22-/m0/s1. The van der Waals surface area contributed by atoms with Crippen molar-refractivity contribution in [1.29, 1.82) is 0 Å². The Morgan fingerprint density at radius 3 is 2.24 bits per heavy atom. The van der Waals surface area contributed by atoms with E-state index in [0.29, 0.717) is 57.5 Å². The summed E-state index contributed by atoms with van der Waals surface area (Å²) < 4.78 is 4.92. The van der Waals surface area contributed by atoms with E-state index in [1.54, 1.807) is 6.92 Å². The predicted octanol–water partition coefficient (Wildman–Crippen LogP) is -0.718. The van der Waals surface area contributed by atoms with Gasteiger partial charge in [-0.1, -0.05) is 18.6 Å². The van der Waals surface area contributed by atoms with Crippen LogP contribution in [0.3, 0.4) is 0 Å². The Morgan fingerprint density at radius 2 is 1.66 bits per heavy atom. The minimum absolute atomic E-state index is 0.126. The van der Waals surface area contributed by atoms with Crippen molar-refractivity contribution in [2.24, 2.45) is 11.5 Å². The number of methoxy groups -OCH3 is 1. The molecule has 14 heteroatoms. The molecule has 1 heterocycles. The average Bonchev–Trinajstić information content (AvgIpc) is 2.92. The number of rotatable bonds is 23. The van der Waals surface area contributed by atoms with E-state index in [1.807, 2.05) is 0 Å². The molecule has 0 unspecified atom stereocenters. The molecule has 0 aliphatic carbocycles. The largest absolute Gasteiger partial charge is 0.481 e. The highest BCUT2D eigenvalue weighted by atomic mass is 16.5. The third kappa shape index (κ3) is 13.4. The smallest absolute Gasteiger partial charge is 0.303 e. The van der Waals surface area contributed by atoms with Crippen molar-refractivity contribution in [3.63, 3.8) is 0 Å². The number of carboxylic acid groups (broad SMARTS) is 1. The number of amides is 4. The van der Waals surface area contributed by atoms with Gasteiger partial charge in [-0.2, -0.15) is 0 Å². The fraction of sp³-hybridized carbons (Fsp3) is 0.741. The van der Waals surface area contributed by atoms with Crippen molar-refractivity contribution in [3.8, 4) is 0 Å². The summed E-state index contributed by atoms with van der Waals surface area (Å²) in [7, 11) is 1.54. The number of nitrogens with zero attached hydrogens (tertiary/aromatic N) is 1. The van der Waals surface area contributed by atoms with Crippen LogP contribution in [0.5, 0.6) is 0 Å². The molecule has 0 aromatic carbocycles. The molecule has 0 radical (unpaired) electrons. The van der Waals surface area contributed by atoms with E-state index in [1.165, 1.54) is 7.11 Å². The molecular weight excluding hydrogens is 534 g/mol. The van der Waals surface area contributed by atoms with Gasteiger partial charge in [-0.3, -0.25) is 29.0 Å². The van der Waals surface area contributed by atoms with Gasteiger partial charge < -0.3 is 37.3 Å². The van der Waals surface area contributed by atoms with Crippen LogP contribution in [-0.2, 0) is 28.7 Å². The fourth-order valence-electron chi connectivity index (χ4n) is 4.35. The van der Waals surface area contributed by atoms with E-state index in [4.69, 9.17) is 16.2 Å². The second kappa shape index (κ2) is 19.9. The Kier molecular flexibility index (Phi) is 17.5. The van der Waals surface area contributed by atoms with Crippen molar-refractivity contribution >= 4 is 29.6 Å². The molecule has 0 saturated carbocycles. The van der Waals surface area contributed by atoms with Crippen LogP contribution in [0.25, 0.3) is 0 Å². The van der Waals surface area contributed by atoms with Crippen molar-refractivity contribution in [3.05, 3.63) is 12.2 Å². The van der Waals surface area contributed by atoms with Gasteiger partial charge in [0.1, 0.15) is 18.1 Å². The first-order valence-corrected chi connectivity index (χ1v) is 14.3. The minimum Gasteiger partial charge on any atom is -0.481 e. The summed E-state index contributed by atoms with van der Waals surface area (Å²) in [6, 6.07) is -3.05. The molecular formula is C27H49N7O7. The number of nitrogens with two attached hydrogens (primary N) is 2. The number of carboxylic acids is 1. The quantitative estimate of drug-likeness (QED) is 0.0591. The Labute approximate surface area is 242 Å². The van der Waals surface area contributed by atoms with Crippen LogP contribution in [-0.4, -0.2) is 97.2 Å². The molecule has 0 aromatic rings. The monoisotopic (exact) mass is 583 g/mol. The van der Waals surface area contributed by atoms with Crippen LogP contribution in [0, 0.1) is 0 Å². The van der Waals surface area contributed by atoms with Crippen molar-refractivity contribution in [2.45, 2.75) is 95.3 Å². The Hall–Kier alpha value is -3.07.